The number of carbonyl (C=O) groups excluding carboxylic acids is 6. The molecule has 18 heteroatoms. The van der Waals surface area contributed by atoms with Crippen molar-refractivity contribution >= 4 is 68.7 Å². The Morgan fingerprint density at radius 1 is 0.600 bits per heavy atom. The number of rotatable bonds is 19. The maximum atomic E-state index is 12.9. The van der Waals surface area contributed by atoms with Crippen molar-refractivity contribution in [3.05, 3.63) is 122 Å². The Morgan fingerprint density at radius 3 is 1.62 bits per heavy atom. The van der Waals surface area contributed by atoms with Gasteiger partial charge in [-0.15, -0.1) is 0 Å². The van der Waals surface area contributed by atoms with Gasteiger partial charge in [-0.2, -0.15) is 5.10 Å². The molecule has 1 heterocycles. The fraction of sp³-hybridized carbons (Fsp3) is 0.143. The lowest BCUT2D eigenvalue weighted by Gasteiger charge is -2.10. The van der Waals surface area contributed by atoms with Crippen molar-refractivity contribution in [3.63, 3.8) is 0 Å². The third-order valence-electron chi connectivity index (χ3n) is 7.39. The van der Waals surface area contributed by atoms with Gasteiger partial charge in [0.15, 0.2) is 0 Å². The zero-order valence-electron chi connectivity index (χ0n) is 31.6. The number of ether oxygens (including phenoxy) is 8. The molecule has 0 spiro atoms. The molecule has 60 heavy (non-hydrogen) atoms. The Bertz CT molecular complexity index is 2340. The maximum Gasteiger partial charge on any atom is 0.423 e. The molecule has 0 radical (unpaired) electrons. The van der Waals surface area contributed by atoms with Gasteiger partial charge < -0.3 is 37.9 Å². The molecular weight excluding hydrogens is 803 g/mol. The van der Waals surface area contributed by atoms with Crippen molar-refractivity contribution in [1.29, 1.82) is 0 Å². The topological polar surface area (TPSA) is 214 Å². The number of fused-ring (bicyclic) bond motifs is 1. The summed E-state index contributed by atoms with van der Waals surface area (Å²) in [6.07, 6.45) is 4.20. The molecule has 0 aliphatic carbocycles. The van der Waals surface area contributed by atoms with Crippen LogP contribution in [0.3, 0.4) is 0 Å². The van der Waals surface area contributed by atoms with Crippen molar-refractivity contribution in [1.82, 2.24) is 4.98 Å². The van der Waals surface area contributed by atoms with Crippen LogP contribution in [0, 0.1) is 0 Å². The first kappa shape index (κ1) is 43.3. The fourth-order valence-corrected chi connectivity index (χ4v) is 5.43. The van der Waals surface area contributed by atoms with Crippen molar-refractivity contribution < 1.29 is 66.7 Å². The molecule has 4 aromatic carbocycles. The minimum absolute atomic E-state index is 0.0187. The molecule has 1 N–H and O–H groups in total. The number of para-hydroxylation sites is 1. The van der Waals surface area contributed by atoms with E-state index in [4.69, 9.17) is 37.9 Å². The van der Waals surface area contributed by atoms with Crippen LogP contribution in [0.15, 0.2) is 121 Å². The molecule has 0 aliphatic rings. The average Bonchev–Trinajstić information content (AvgIpc) is 3.68. The standard InChI is InChI=1S/C42H35N3O14S/c1-3-36(46)54-23-7-21-52-28-11-15-30(16-12-28)56-38(48)39(49)58-32-19-20-34(27(25-32)26-43-45-42-44-33-9-5-6-10-35(33)60-42)59-41(51)40(50)57-31-17-13-29(14-18-31)53-22-8-24-55-37(47)4-2/h3-6,9-20,25-26H,1-2,7-8,21-24H2,(H,44,45)/b43-26+. The van der Waals surface area contributed by atoms with Crippen LogP contribution in [-0.4, -0.2) is 73.4 Å². The first-order chi connectivity index (χ1) is 29.1. The smallest absolute Gasteiger partial charge is 0.423 e. The average molecular weight is 838 g/mol. The van der Waals surface area contributed by atoms with Gasteiger partial charge in [0.1, 0.15) is 34.5 Å². The summed E-state index contributed by atoms with van der Waals surface area (Å²) in [5.74, 6) is -5.97. The van der Waals surface area contributed by atoms with E-state index in [1.807, 2.05) is 24.3 Å². The van der Waals surface area contributed by atoms with E-state index in [9.17, 15) is 28.8 Å². The maximum absolute atomic E-state index is 12.9. The molecule has 1 aromatic heterocycles. The highest BCUT2D eigenvalue weighted by atomic mass is 32.1. The first-order valence-electron chi connectivity index (χ1n) is 17.8. The highest BCUT2D eigenvalue weighted by Crippen LogP contribution is 2.27. The number of nitrogens with one attached hydrogen (secondary N) is 1. The number of hydrogen-bond acceptors (Lipinski definition) is 18. The number of nitrogens with zero attached hydrogens (tertiary/aromatic N) is 2. The zero-order valence-corrected chi connectivity index (χ0v) is 32.4. The number of thiazole rings is 1. The van der Waals surface area contributed by atoms with Gasteiger partial charge in [0.2, 0.25) is 5.13 Å². The van der Waals surface area contributed by atoms with Gasteiger partial charge in [0, 0.05) is 30.6 Å². The number of hydrogen-bond donors (Lipinski definition) is 1. The molecule has 0 saturated heterocycles. The predicted molar refractivity (Wildman–Crippen MR) is 215 cm³/mol. The molecule has 0 amide bonds. The summed E-state index contributed by atoms with van der Waals surface area (Å²) in [5, 5.41) is 4.60. The third kappa shape index (κ3) is 13.7. The van der Waals surface area contributed by atoms with Gasteiger partial charge in [-0.1, -0.05) is 36.6 Å². The lowest BCUT2D eigenvalue weighted by Crippen LogP contribution is -2.26. The van der Waals surface area contributed by atoms with Crippen molar-refractivity contribution in [3.8, 4) is 34.5 Å². The van der Waals surface area contributed by atoms with Crippen LogP contribution in [0.4, 0.5) is 5.13 Å². The largest absolute Gasteiger partial charge is 0.493 e. The Labute approximate surface area is 345 Å². The van der Waals surface area contributed by atoms with E-state index in [-0.39, 0.29) is 55.0 Å². The summed E-state index contributed by atoms with van der Waals surface area (Å²) < 4.78 is 42.6. The number of aromatic nitrogens is 1. The second-order valence-electron chi connectivity index (χ2n) is 11.7. The zero-order chi connectivity index (χ0) is 42.7. The van der Waals surface area contributed by atoms with Crippen molar-refractivity contribution in [2.75, 3.05) is 31.9 Å². The van der Waals surface area contributed by atoms with Crippen LogP contribution in [0.25, 0.3) is 10.2 Å². The van der Waals surface area contributed by atoms with Gasteiger partial charge >= 0.3 is 35.8 Å². The monoisotopic (exact) mass is 837 g/mol. The number of esters is 6. The molecule has 0 atom stereocenters. The number of carbonyl (C=O) groups is 6. The van der Waals surface area contributed by atoms with E-state index < -0.39 is 35.8 Å². The number of benzene rings is 4. The van der Waals surface area contributed by atoms with Gasteiger partial charge in [0.05, 0.1) is 42.9 Å². The Balaban J connectivity index is 1.19. The highest BCUT2D eigenvalue weighted by molar-refractivity contribution is 7.22. The summed E-state index contributed by atoms with van der Waals surface area (Å²) >= 11 is 1.33. The second-order valence-corrected chi connectivity index (χ2v) is 12.7. The van der Waals surface area contributed by atoms with Crippen LogP contribution < -0.4 is 33.8 Å². The molecule has 0 unspecified atom stereocenters. The quantitative estimate of drug-likeness (QED) is 0.0199. The number of hydrazone groups is 1. The highest BCUT2D eigenvalue weighted by Gasteiger charge is 2.23. The van der Waals surface area contributed by atoms with E-state index in [1.165, 1.54) is 84.3 Å². The summed E-state index contributed by atoms with van der Waals surface area (Å²) in [4.78, 5) is 77.5. The Hall–Kier alpha value is -7.86. The van der Waals surface area contributed by atoms with E-state index in [1.54, 1.807) is 0 Å². The van der Waals surface area contributed by atoms with Crippen LogP contribution in [0.5, 0.6) is 34.5 Å². The van der Waals surface area contributed by atoms with Crippen molar-refractivity contribution in [2.45, 2.75) is 12.8 Å². The molecule has 0 bridgehead atoms. The molecule has 0 fully saturated rings. The summed E-state index contributed by atoms with van der Waals surface area (Å²) in [5.41, 5.74) is 3.56. The molecule has 0 aliphatic heterocycles. The lowest BCUT2D eigenvalue weighted by atomic mass is 10.2. The van der Waals surface area contributed by atoms with Crippen LogP contribution in [-0.2, 0) is 38.2 Å². The SMILES string of the molecule is C=CC(=O)OCCCOc1ccc(OC(=O)C(=O)Oc2ccc(OC(=O)C(=O)Oc3ccc(OCCCOC(=O)C=C)cc3)c(/C=N/Nc3nc4ccccc4s3)c2)cc1. The Morgan fingerprint density at radius 2 is 1.08 bits per heavy atom. The van der Waals surface area contributed by atoms with E-state index in [2.05, 4.69) is 28.7 Å². The molecular formula is C42H35N3O14S. The first-order valence-corrected chi connectivity index (χ1v) is 18.6. The summed E-state index contributed by atoms with van der Waals surface area (Å²) in [7, 11) is 0. The van der Waals surface area contributed by atoms with Gasteiger partial charge in [-0.3, -0.25) is 5.43 Å². The fourth-order valence-electron chi connectivity index (χ4n) is 4.62. The van der Waals surface area contributed by atoms with E-state index in [0.717, 1.165) is 22.4 Å². The lowest BCUT2D eigenvalue weighted by molar-refractivity contribution is -0.156. The van der Waals surface area contributed by atoms with Gasteiger partial charge in [-0.05, 0) is 78.9 Å². The van der Waals surface area contributed by atoms with Crippen LogP contribution in [0.1, 0.15) is 18.4 Å². The molecule has 0 saturated carbocycles. The second kappa shape index (κ2) is 22.2. The summed E-state index contributed by atoms with van der Waals surface area (Å²) in [6, 6.07) is 22.7. The van der Waals surface area contributed by atoms with E-state index in [0.29, 0.717) is 29.5 Å². The molecule has 308 valence electrons. The van der Waals surface area contributed by atoms with E-state index >= 15 is 0 Å². The van der Waals surface area contributed by atoms with Crippen molar-refractivity contribution in [2.24, 2.45) is 5.10 Å². The number of anilines is 1. The van der Waals surface area contributed by atoms with Gasteiger partial charge in [-0.25, -0.2) is 33.8 Å². The van der Waals surface area contributed by atoms with Crippen LogP contribution >= 0.6 is 11.3 Å². The van der Waals surface area contributed by atoms with Crippen LogP contribution in [0.2, 0.25) is 0 Å². The minimum atomic E-state index is -1.39. The van der Waals surface area contributed by atoms with Gasteiger partial charge in [0.25, 0.3) is 0 Å². The normalized spacial score (nSPS) is 10.5. The summed E-state index contributed by atoms with van der Waals surface area (Å²) in [6.45, 7) is 7.42. The minimum Gasteiger partial charge on any atom is -0.493 e. The predicted octanol–water partition coefficient (Wildman–Crippen LogP) is 5.76. The molecule has 17 nitrogen and oxygen atoms in total. The Kier molecular flexibility index (Phi) is 16.0. The molecule has 5 rings (SSSR count). The molecule has 5 aromatic rings. The third-order valence-corrected chi connectivity index (χ3v) is 8.33.